The van der Waals surface area contributed by atoms with Gasteiger partial charge in [0.1, 0.15) is 0 Å². The average molecular weight is 341 g/mol. The molecule has 1 aliphatic heterocycles. The third-order valence-electron chi connectivity index (χ3n) is 4.11. The molecule has 0 aromatic rings. The van der Waals surface area contributed by atoms with Crippen molar-refractivity contribution in [3.63, 3.8) is 0 Å². The molecule has 0 aromatic heterocycles. The molecule has 0 atom stereocenters. The van der Waals surface area contributed by atoms with Crippen LogP contribution in [0.4, 0.5) is 4.79 Å². The van der Waals surface area contributed by atoms with Crippen LogP contribution >= 0.6 is 0 Å². The van der Waals surface area contributed by atoms with Crippen molar-refractivity contribution in [3.05, 3.63) is 0 Å². The molecular weight excluding hydrogens is 310 g/mol. The second kappa shape index (κ2) is 10.9. The van der Waals surface area contributed by atoms with E-state index in [2.05, 4.69) is 12.2 Å². The minimum atomic E-state index is -0.533. The van der Waals surface area contributed by atoms with Crippen molar-refractivity contribution in [1.29, 1.82) is 0 Å². The largest absolute Gasteiger partial charge is 0.450 e. The lowest BCUT2D eigenvalue weighted by Crippen LogP contribution is -2.51. The summed E-state index contributed by atoms with van der Waals surface area (Å²) in [6.45, 7) is 8.48. The normalized spacial score (nSPS) is 15.0. The Morgan fingerprint density at radius 2 is 1.75 bits per heavy atom. The van der Waals surface area contributed by atoms with Crippen molar-refractivity contribution < 1.29 is 19.1 Å². The molecule has 1 N–H and O–H groups in total. The molecule has 0 unspecified atom stereocenters. The number of unbranched alkanes of at least 4 members (excludes halogenated alkanes) is 1. The van der Waals surface area contributed by atoms with E-state index in [0.29, 0.717) is 45.6 Å². The lowest BCUT2D eigenvalue weighted by Gasteiger charge is -2.32. The zero-order valence-corrected chi connectivity index (χ0v) is 15.2. The van der Waals surface area contributed by atoms with Gasteiger partial charge in [0, 0.05) is 32.2 Å². The first-order valence-electron chi connectivity index (χ1n) is 9.04. The molecule has 0 radical (unpaired) electrons. The van der Waals surface area contributed by atoms with Crippen LogP contribution in [0.2, 0.25) is 0 Å². The van der Waals surface area contributed by atoms with E-state index in [9.17, 15) is 14.4 Å². The van der Waals surface area contributed by atoms with E-state index in [1.807, 2.05) is 6.92 Å². The Labute approximate surface area is 144 Å². The van der Waals surface area contributed by atoms with Gasteiger partial charge in [-0.3, -0.25) is 9.59 Å². The summed E-state index contributed by atoms with van der Waals surface area (Å²) in [5.41, 5.74) is 0. The molecule has 0 saturated carbocycles. The first-order chi connectivity index (χ1) is 11.5. The minimum absolute atomic E-state index is 0.0678. The summed E-state index contributed by atoms with van der Waals surface area (Å²) in [4.78, 5) is 39.4. The van der Waals surface area contributed by atoms with Gasteiger partial charge >= 0.3 is 17.9 Å². The van der Waals surface area contributed by atoms with Crippen molar-refractivity contribution >= 4 is 17.9 Å². The Balaban J connectivity index is 2.44. The fourth-order valence-electron chi connectivity index (χ4n) is 2.75. The van der Waals surface area contributed by atoms with Crippen LogP contribution in [0.1, 0.15) is 52.9 Å². The van der Waals surface area contributed by atoms with Gasteiger partial charge in [0.05, 0.1) is 6.61 Å². The fraction of sp³-hybridized carbons (Fsp3) is 0.824. The van der Waals surface area contributed by atoms with E-state index in [1.165, 1.54) is 0 Å². The smallest absolute Gasteiger partial charge is 0.409 e. The quantitative estimate of drug-likeness (QED) is 0.716. The van der Waals surface area contributed by atoms with Crippen LogP contribution in [-0.2, 0) is 14.3 Å². The van der Waals surface area contributed by atoms with E-state index in [1.54, 1.807) is 16.7 Å². The zero-order valence-electron chi connectivity index (χ0n) is 15.2. The molecule has 1 saturated heterocycles. The predicted octanol–water partition coefficient (Wildman–Crippen LogP) is 1.76. The Bertz CT molecular complexity index is 420. The summed E-state index contributed by atoms with van der Waals surface area (Å²) in [6, 6.07) is -0.0678. The maximum atomic E-state index is 12.3. The number of likely N-dealkylation sites (tertiary alicyclic amines) is 1. The van der Waals surface area contributed by atoms with Crippen molar-refractivity contribution in [2.45, 2.75) is 58.9 Å². The van der Waals surface area contributed by atoms with Crippen LogP contribution in [0.15, 0.2) is 0 Å². The summed E-state index contributed by atoms with van der Waals surface area (Å²) in [5, 5.41) is 2.82. The lowest BCUT2D eigenvalue weighted by atomic mass is 10.1. The first kappa shape index (κ1) is 20.3. The molecule has 1 aliphatic rings. The molecule has 7 heteroatoms. The Kier molecular flexibility index (Phi) is 9.19. The molecule has 138 valence electrons. The molecule has 1 heterocycles. The number of hydrogen-bond acceptors (Lipinski definition) is 4. The Morgan fingerprint density at radius 1 is 1.08 bits per heavy atom. The van der Waals surface area contributed by atoms with E-state index in [4.69, 9.17) is 4.74 Å². The highest BCUT2D eigenvalue weighted by Gasteiger charge is 2.27. The molecule has 0 bridgehead atoms. The SMILES string of the molecule is CCCCN(CCC)C(=O)C(=O)NC1CCN(C(=O)OCC)CC1. The minimum Gasteiger partial charge on any atom is -0.450 e. The third kappa shape index (κ3) is 6.37. The Hall–Kier alpha value is -1.79. The summed E-state index contributed by atoms with van der Waals surface area (Å²) in [5.74, 6) is -0.979. The standard InChI is InChI=1S/C17H31N3O4/c1-4-7-11-19(10-5-2)16(22)15(21)18-14-8-12-20(13-9-14)17(23)24-6-3/h14H,4-13H2,1-3H3,(H,18,21). The van der Waals surface area contributed by atoms with Crippen LogP contribution in [-0.4, -0.2) is 66.5 Å². The van der Waals surface area contributed by atoms with Gasteiger partial charge in [-0.1, -0.05) is 20.3 Å². The molecular formula is C17H31N3O4. The van der Waals surface area contributed by atoms with Crippen molar-refractivity contribution in [3.8, 4) is 0 Å². The van der Waals surface area contributed by atoms with Gasteiger partial charge in [0.15, 0.2) is 0 Å². The van der Waals surface area contributed by atoms with Crippen LogP contribution < -0.4 is 5.32 Å². The molecule has 0 aromatic carbocycles. The number of hydrogen-bond donors (Lipinski definition) is 1. The van der Waals surface area contributed by atoms with Gasteiger partial charge in [0.2, 0.25) is 0 Å². The van der Waals surface area contributed by atoms with Gasteiger partial charge in [-0.2, -0.15) is 0 Å². The van der Waals surface area contributed by atoms with Crippen molar-refractivity contribution in [1.82, 2.24) is 15.1 Å². The molecule has 1 rings (SSSR count). The summed E-state index contributed by atoms with van der Waals surface area (Å²) >= 11 is 0. The number of rotatable bonds is 7. The molecule has 0 aliphatic carbocycles. The molecule has 3 amide bonds. The molecule has 1 fully saturated rings. The van der Waals surface area contributed by atoms with Crippen LogP contribution in [0.3, 0.4) is 0 Å². The average Bonchev–Trinajstić information content (AvgIpc) is 2.58. The number of piperidine rings is 1. The highest BCUT2D eigenvalue weighted by Crippen LogP contribution is 2.11. The Morgan fingerprint density at radius 3 is 2.29 bits per heavy atom. The maximum Gasteiger partial charge on any atom is 0.409 e. The first-order valence-corrected chi connectivity index (χ1v) is 9.04. The number of carbonyl (C=O) groups is 3. The third-order valence-corrected chi connectivity index (χ3v) is 4.11. The molecule has 7 nitrogen and oxygen atoms in total. The van der Waals surface area contributed by atoms with Crippen LogP contribution in [0, 0.1) is 0 Å². The van der Waals surface area contributed by atoms with Crippen LogP contribution in [0.25, 0.3) is 0 Å². The summed E-state index contributed by atoms with van der Waals surface area (Å²) in [6.07, 6.45) is 3.69. The van der Waals surface area contributed by atoms with Crippen LogP contribution in [0.5, 0.6) is 0 Å². The van der Waals surface area contributed by atoms with Gasteiger partial charge in [-0.25, -0.2) is 4.79 Å². The summed E-state index contributed by atoms with van der Waals surface area (Å²) < 4.78 is 4.97. The summed E-state index contributed by atoms with van der Waals surface area (Å²) in [7, 11) is 0. The van der Waals surface area contributed by atoms with E-state index in [0.717, 1.165) is 19.3 Å². The van der Waals surface area contributed by atoms with E-state index in [-0.39, 0.29) is 12.1 Å². The van der Waals surface area contributed by atoms with E-state index < -0.39 is 11.8 Å². The number of nitrogens with zero attached hydrogens (tertiary/aromatic N) is 2. The zero-order chi connectivity index (χ0) is 17.9. The number of amides is 3. The second-order valence-electron chi connectivity index (χ2n) is 6.08. The highest BCUT2D eigenvalue weighted by atomic mass is 16.6. The monoisotopic (exact) mass is 341 g/mol. The number of ether oxygens (including phenoxy) is 1. The van der Waals surface area contributed by atoms with Gasteiger partial charge in [0.25, 0.3) is 0 Å². The lowest BCUT2D eigenvalue weighted by molar-refractivity contribution is -0.146. The fourth-order valence-corrected chi connectivity index (χ4v) is 2.75. The number of nitrogens with one attached hydrogen (secondary N) is 1. The topological polar surface area (TPSA) is 79.0 Å². The highest BCUT2D eigenvalue weighted by molar-refractivity contribution is 6.35. The van der Waals surface area contributed by atoms with Crippen molar-refractivity contribution in [2.24, 2.45) is 0 Å². The number of carbonyl (C=O) groups excluding carboxylic acids is 3. The van der Waals surface area contributed by atoms with Gasteiger partial charge in [-0.05, 0) is 32.6 Å². The van der Waals surface area contributed by atoms with Gasteiger partial charge < -0.3 is 19.9 Å². The molecule has 24 heavy (non-hydrogen) atoms. The van der Waals surface area contributed by atoms with Crippen molar-refractivity contribution in [2.75, 3.05) is 32.8 Å². The molecule has 0 spiro atoms. The maximum absolute atomic E-state index is 12.3. The van der Waals surface area contributed by atoms with Gasteiger partial charge in [-0.15, -0.1) is 0 Å². The van der Waals surface area contributed by atoms with E-state index >= 15 is 0 Å². The predicted molar refractivity (Wildman–Crippen MR) is 91.5 cm³/mol. The second-order valence-corrected chi connectivity index (χ2v) is 6.08.